The van der Waals surface area contributed by atoms with Crippen molar-refractivity contribution in [3.63, 3.8) is 0 Å². The van der Waals surface area contributed by atoms with Gasteiger partial charge in [-0.3, -0.25) is 4.79 Å². The van der Waals surface area contributed by atoms with E-state index in [1.165, 1.54) is 6.92 Å². The second-order valence-electron chi connectivity index (χ2n) is 4.27. The van der Waals surface area contributed by atoms with Crippen molar-refractivity contribution in [2.75, 3.05) is 17.8 Å². The third kappa shape index (κ3) is 3.20. The van der Waals surface area contributed by atoms with Crippen molar-refractivity contribution in [2.45, 2.75) is 19.8 Å². The second kappa shape index (κ2) is 5.13. The molecule has 2 N–H and O–H groups in total. The van der Waals surface area contributed by atoms with Crippen molar-refractivity contribution < 1.29 is 22.7 Å². The molecule has 1 aliphatic heterocycles. The second-order valence-corrected chi connectivity index (χ2v) is 5.94. The number of aryl methyl sites for hydroxylation is 1. The molecule has 2 heterocycles. The Morgan fingerprint density at radius 3 is 2.84 bits per heavy atom. The number of carbonyl (C=O) groups is 1. The highest BCUT2D eigenvalue weighted by atomic mass is 32.2. The number of carboxylic acids is 1. The molecule has 19 heavy (non-hydrogen) atoms. The number of hydrogen-bond donors (Lipinski definition) is 2. The van der Waals surface area contributed by atoms with Gasteiger partial charge in [0.05, 0.1) is 5.92 Å². The highest BCUT2D eigenvalue weighted by Gasteiger charge is 2.33. The molecule has 2 rings (SSSR count). The summed E-state index contributed by atoms with van der Waals surface area (Å²) in [6, 6.07) is -0.227. The Balaban J connectivity index is 2.08. The van der Waals surface area contributed by atoms with Gasteiger partial charge < -0.3 is 9.52 Å². The number of aliphatic carboxylic acids is 1. The molecule has 1 saturated heterocycles. The molecule has 0 amide bonds. The van der Waals surface area contributed by atoms with Gasteiger partial charge in [0.1, 0.15) is 0 Å². The van der Waals surface area contributed by atoms with Crippen molar-refractivity contribution in [1.82, 2.24) is 14.5 Å². The lowest BCUT2D eigenvalue weighted by Crippen LogP contribution is -2.44. The van der Waals surface area contributed by atoms with Crippen LogP contribution in [0.5, 0.6) is 0 Å². The quantitative estimate of drug-likeness (QED) is 0.788. The van der Waals surface area contributed by atoms with Crippen molar-refractivity contribution >= 4 is 22.2 Å². The Labute approximate surface area is 109 Å². The lowest BCUT2D eigenvalue weighted by molar-refractivity contribution is -0.142. The Morgan fingerprint density at radius 2 is 2.26 bits per heavy atom. The topological polar surface area (TPSA) is 126 Å². The maximum absolute atomic E-state index is 12.0. The smallest absolute Gasteiger partial charge is 0.330 e. The zero-order valence-electron chi connectivity index (χ0n) is 10.2. The van der Waals surface area contributed by atoms with E-state index in [9.17, 15) is 13.2 Å². The van der Waals surface area contributed by atoms with Crippen LogP contribution in [-0.4, -0.2) is 47.1 Å². The minimum absolute atomic E-state index is 0.0578. The summed E-state index contributed by atoms with van der Waals surface area (Å²) in [6.45, 7) is 1.75. The molecule has 1 unspecified atom stereocenters. The monoisotopic (exact) mass is 290 g/mol. The van der Waals surface area contributed by atoms with Crippen LogP contribution in [0.1, 0.15) is 18.7 Å². The first kappa shape index (κ1) is 13.7. The first-order valence-electron chi connectivity index (χ1n) is 5.69. The zero-order chi connectivity index (χ0) is 14.0. The predicted octanol–water partition coefficient (Wildman–Crippen LogP) is -0.169. The molecule has 0 bridgehead atoms. The summed E-state index contributed by atoms with van der Waals surface area (Å²) in [4.78, 5) is 10.9. The predicted molar refractivity (Wildman–Crippen MR) is 63.5 cm³/mol. The van der Waals surface area contributed by atoms with Crippen molar-refractivity contribution in [1.29, 1.82) is 0 Å². The summed E-state index contributed by atoms with van der Waals surface area (Å²) in [5.74, 6) is -1.44. The molecule has 9 nitrogen and oxygen atoms in total. The fourth-order valence-electron chi connectivity index (χ4n) is 1.87. The number of aromatic nitrogens is 2. The highest BCUT2D eigenvalue weighted by molar-refractivity contribution is 7.90. The standard InChI is InChI=1S/C9H14N4O5S/c1-6-10-11-9(18-6)12-19(16,17)13-4-2-3-7(5-13)8(14)15/h7H,2-5H2,1H3,(H,11,12)(H,14,15). The van der Waals surface area contributed by atoms with Crippen LogP contribution in [0.3, 0.4) is 0 Å². The van der Waals surface area contributed by atoms with Gasteiger partial charge in [-0.2, -0.15) is 12.7 Å². The van der Waals surface area contributed by atoms with Crippen molar-refractivity contribution in [2.24, 2.45) is 5.92 Å². The third-order valence-corrected chi connectivity index (χ3v) is 4.26. The molecular weight excluding hydrogens is 276 g/mol. The first-order chi connectivity index (χ1) is 8.88. The lowest BCUT2D eigenvalue weighted by atomic mass is 10.0. The summed E-state index contributed by atoms with van der Waals surface area (Å²) >= 11 is 0. The van der Waals surface area contributed by atoms with Crippen LogP contribution in [0.2, 0.25) is 0 Å². The van der Waals surface area contributed by atoms with Gasteiger partial charge >= 0.3 is 22.2 Å². The van der Waals surface area contributed by atoms with Crippen LogP contribution in [-0.2, 0) is 15.0 Å². The van der Waals surface area contributed by atoms with Crippen LogP contribution >= 0.6 is 0 Å². The van der Waals surface area contributed by atoms with Gasteiger partial charge in [0.15, 0.2) is 0 Å². The van der Waals surface area contributed by atoms with E-state index in [4.69, 9.17) is 9.52 Å². The number of hydrogen-bond acceptors (Lipinski definition) is 6. The van der Waals surface area contributed by atoms with Crippen LogP contribution in [0.25, 0.3) is 0 Å². The Morgan fingerprint density at radius 1 is 1.53 bits per heavy atom. The number of nitrogens with one attached hydrogen (secondary N) is 1. The number of piperidine rings is 1. The fraction of sp³-hybridized carbons (Fsp3) is 0.667. The molecule has 106 valence electrons. The van der Waals surface area contributed by atoms with Crippen LogP contribution in [0, 0.1) is 12.8 Å². The van der Waals surface area contributed by atoms with E-state index in [1.54, 1.807) is 0 Å². The summed E-state index contributed by atoms with van der Waals surface area (Å²) in [7, 11) is -3.87. The molecule has 0 aliphatic carbocycles. The van der Waals surface area contributed by atoms with E-state index in [2.05, 4.69) is 14.9 Å². The highest BCUT2D eigenvalue weighted by Crippen LogP contribution is 2.20. The maximum Gasteiger partial charge on any atom is 0.330 e. The average Bonchev–Trinajstić information content (AvgIpc) is 2.74. The molecule has 0 saturated carbocycles. The number of rotatable bonds is 4. The summed E-state index contributed by atoms with van der Waals surface area (Å²) < 4.78 is 32.2. The van der Waals surface area contributed by atoms with Gasteiger partial charge in [-0.25, -0.2) is 4.72 Å². The van der Waals surface area contributed by atoms with Gasteiger partial charge in [-0.1, -0.05) is 5.10 Å². The number of anilines is 1. The molecule has 1 atom stereocenters. The van der Waals surface area contributed by atoms with E-state index in [1.807, 2.05) is 0 Å². The van der Waals surface area contributed by atoms with E-state index in [0.717, 1.165) is 4.31 Å². The molecule has 1 aliphatic rings. The summed E-state index contributed by atoms with van der Waals surface area (Å²) in [5.41, 5.74) is 0. The Bertz CT molecular complexity index is 569. The largest absolute Gasteiger partial charge is 0.481 e. The molecule has 1 aromatic heterocycles. The molecule has 0 spiro atoms. The lowest BCUT2D eigenvalue weighted by Gasteiger charge is -2.29. The summed E-state index contributed by atoms with van der Waals surface area (Å²) in [5, 5.41) is 16.0. The SMILES string of the molecule is Cc1nnc(NS(=O)(=O)N2CCCC(C(=O)O)C2)o1. The maximum atomic E-state index is 12.0. The first-order valence-corrected chi connectivity index (χ1v) is 7.13. The average molecular weight is 290 g/mol. The molecule has 1 fully saturated rings. The molecule has 10 heteroatoms. The van der Waals surface area contributed by atoms with Crippen molar-refractivity contribution in [3.05, 3.63) is 5.89 Å². The number of carboxylic acid groups (broad SMARTS) is 1. The minimum Gasteiger partial charge on any atom is -0.481 e. The van der Waals surface area contributed by atoms with E-state index in [-0.39, 0.29) is 25.0 Å². The molecule has 1 aromatic rings. The van der Waals surface area contributed by atoms with Gasteiger partial charge in [-0.15, -0.1) is 5.10 Å². The van der Waals surface area contributed by atoms with Gasteiger partial charge in [0.2, 0.25) is 5.89 Å². The molecular formula is C9H14N4O5S. The van der Waals surface area contributed by atoms with Crippen LogP contribution in [0.15, 0.2) is 4.42 Å². The van der Waals surface area contributed by atoms with E-state index < -0.39 is 22.1 Å². The van der Waals surface area contributed by atoms with E-state index >= 15 is 0 Å². The number of nitrogens with zero attached hydrogens (tertiary/aromatic N) is 3. The Kier molecular flexibility index (Phi) is 3.71. The van der Waals surface area contributed by atoms with Gasteiger partial charge in [0.25, 0.3) is 0 Å². The van der Waals surface area contributed by atoms with E-state index in [0.29, 0.717) is 12.8 Å². The summed E-state index contributed by atoms with van der Waals surface area (Å²) in [6.07, 6.45) is 0.974. The Hall–Kier alpha value is -1.68. The normalized spacial score (nSPS) is 21.2. The third-order valence-electron chi connectivity index (χ3n) is 2.82. The van der Waals surface area contributed by atoms with Crippen LogP contribution < -0.4 is 4.72 Å². The van der Waals surface area contributed by atoms with Crippen LogP contribution in [0.4, 0.5) is 6.01 Å². The van der Waals surface area contributed by atoms with Crippen molar-refractivity contribution in [3.8, 4) is 0 Å². The van der Waals surface area contributed by atoms with Gasteiger partial charge in [0, 0.05) is 20.0 Å². The fourth-order valence-corrected chi connectivity index (χ4v) is 3.05. The molecule has 0 radical (unpaired) electrons. The van der Waals surface area contributed by atoms with Gasteiger partial charge in [-0.05, 0) is 12.8 Å². The zero-order valence-corrected chi connectivity index (χ0v) is 11.1. The minimum atomic E-state index is -3.87. The molecule has 0 aromatic carbocycles.